The molecule has 9 rings (SSSR count). The first-order valence-electron chi connectivity index (χ1n) is 19.2. The molecule has 3 aliphatic heterocycles. The van der Waals surface area contributed by atoms with Gasteiger partial charge in [-0.1, -0.05) is 25.1 Å². The third-order valence-corrected chi connectivity index (χ3v) is 13.3. The maximum atomic E-state index is 14.5. The Kier molecular flexibility index (Phi) is 8.07. The zero-order chi connectivity index (χ0) is 36.8. The monoisotopic (exact) mass is 723 g/mol. The van der Waals surface area contributed by atoms with Crippen molar-refractivity contribution in [1.29, 1.82) is 0 Å². The molecule has 12 heteroatoms. The molecular formula is C41H47F2N7O3. The molecule has 3 N–H and O–H groups in total. The minimum Gasteiger partial charge on any atom is -0.372 e. The van der Waals surface area contributed by atoms with Crippen molar-refractivity contribution < 1.29 is 23.2 Å². The van der Waals surface area contributed by atoms with E-state index in [2.05, 4.69) is 56.3 Å². The number of benzene rings is 2. The van der Waals surface area contributed by atoms with Gasteiger partial charge in [0.15, 0.2) is 0 Å². The summed E-state index contributed by atoms with van der Waals surface area (Å²) in [5.41, 5.74) is 5.76. The SMILES string of the molecule is C[C@@H]1CN(C(=O)c2ccc3cc(-c4n[nH]c5c4C[C@@H]4C(F)(F)[C@]4(C)C5)[nH]c3c2)C[C@H](C)N1CC1CCN(c2ccc(C3CCC(=O)NC3=O)cc2)CC1. The Hall–Kier alpha value is -4.58. The Labute approximate surface area is 307 Å². The molecule has 0 bridgehead atoms. The van der Waals surface area contributed by atoms with Crippen LogP contribution in [-0.2, 0) is 22.4 Å². The van der Waals surface area contributed by atoms with E-state index < -0.39 is 17.3 Å². The summed E-state index contributed by atoms with van der Waals surface area (Å²) < 4.78 is 29.0. The first-order chi connectivity index (χ1) is 25.4. The number of H-pyrrole nitrogens is 2. The molecule has 1 saturated carbocycles. The Bertz CT molecular complexity index is 2090. The van der Waals surface area contributed by atoms with Gasteiger partial charge in [-0.3, -0.25) is 29.7 Å². The largest absolute Gasteiger partial charge is 0.372 e. The highest BCUT2D eigenvalue weighted by atomic mass is 19.3. The number of piperidine rings is 2. The Morgan fingerprint density at radius 2 is 1.72 bits per heavy atom. The number of rotatable bonds is 6. The van der Waals surface area contributed by atoms with Gasteiger partial charge in [0.2, 0.25) is 11.8 Å². The molecule has 4 fully saturated rings. The van der Waals surface area contributed by atoms with Crippen LogP contribution >= 0.6 is 0 Å². The summed E-state index contributed by atoms with van der Waals surface area (Å²) in [6.07, 6.45) is 3.75. The number of amides is 3. The van der Waals surface area contributed by atoms with Crippen LogP contribution in [0.25, 0.3) is 22.3 Å². The lowest BCUT2D eigenvalue weighted by molar-refractivity contribution is -0.134. The fraction of sp³-hybridized carbons (Fsp3) is 0.512. The maximum absolute atomic E-state index is 14.5. The molecule has 3 saturated heterocycles. The van der Waals surface area contributed by atoms with Crippen molar-refractivity contribution in [2.75, 3.05) is 37.6 Å². The quantitative estimate of drug-likeness (QED) is 0.214. The molecule has 0 radical (unpaired) electrons. The van der Waals surface area contributed by atoms with Crippen LogP contribution < -0.4 is 10.2 Å². The van der Waals surface area contributed by atoms with Crippen molar-refractivity contribution >= 4 is 34.3 Å². The summed E-state index contributed by atoms with van der Waals surface area (Å²) in [4.78, 5) is 48.1. The van der Waals surface area contributed by atoms with E-state index >= 15 is 0 Å². The van der Waals surface area contributed by atoms with Gasteiger partial charge in [0.05, 0.1) is 11.6 Å². The summed E-state index contributed by atoms with van der Waals surface area (Å²) in [7, 11) is 0. The molecule has 0 spiro atoms. The van der Waals surface area contributed by atoms with Crippen LogP contribution in [0, 0.1) is 17.3 Å². The van der Waals surface area contributed by atoms with Gasteiger partial charge >= 0.3 is 0 Å². The van der Waals surface area contributed by atoms with E-state index in [9.17, 15) is 23.2 Å². The average Bonchev–Trinajstić information content (AvgIpc) is 3.52. The van der Waals surface area contributed by atoms with Crippen molar-refractivity contribution in [1.82, 2.24) is 30.3 Å². The second-order valence-electron chi connectivity index (χ2n) is 16.6. The second kappa shape index (κ2) is 12.5. The summed E-state index contributed by atoms with van der Waals surface area (Å²) in [6, 6.07) is 16.5. The predicted octanol–water partition coefficient (Wildman–Crippen LogP) is 5.90. The van der Waals surface area contributed by atoms with Gasteiger partial charge in [-0.15, -0.1) is 0 Å². The van der Waals surface area contributed by atoms with Crippen LogP contribution in [-0.4, -0.2) is 93.4 Å². The molecular weight excluding hydrogens is 676 g/mol. The normalized spacial score (nSPS) is 28.8. The first-order valence-corrected chi connectivity index (χ1v) is 19.2. The summed E-state index contributed by atoms with van der Waals surface area (Å²) in [5, 5.41) is 11.0. The number of fused-ring (bicyclic) bond motifs is 3. The number of aromatic amines is 2. The number of aromatic nitrogens is 3. The van der Waals surface area contributed by atoms with E-state index in [-0.39, 0.29) is 35.7 Å². The molecule has 5 aliphatic rings. The van der Waals surface area contributed by atoms with E-state index in [1.54, 1.807) is 6.92 Å². The second-order valence-corrected chi connectivity index (χ2v) is 16.6. The lowest BCUT2D eigenvalue weighted by Gasteiger charge is -2.46. The van der Waals surface area contributed by atoms with E-state index in [1.165, 1.54) is 5.69 Å². The van der Waals surface area contributed by atoms with Gasteiger partial charge in [0.25, 0.3) is 11.8 Å². The number of halogens is 2. The molecule has 4 aromatic rings. The molecule has 53 heavy (non-hydrogen) atoms. The van der Waals surface area contributed by atoms with Gasteiger partial charge in [-0.2, -0.15) is 5.10 Å². The molecule has 10 nitrogen and oxygen atoms in total. The van der Waals surface area contributed by atoms with Crippen molar-refractivity contribution in [3.05, 3.63) is 70.9 Å². The molecule has 5 atom stereocenters. The van der Waals surface area contributed by atoms with Crippen molar-refractivity contribution in [3.63, 3.8) is 0 Å². The minimum atomic E-state index is -2.64. The van der Waals surface area contributed by atoms with Crippen molar-refractivity contribution in [2.45, 2.75) is 83.2 Å². The average molecular weight is 724 g/mol. The van der Waals surface area contributed by atoms with Gasteiger partial charge in [0.1, 0.15) is 5.69 Å². The molecule has 2 aromatic heterocycles. The minimum absolute atomic E-state index is 0.0192. The number of piperazine rings is 1. The predicted molar refractivity (Wildman–Crippen MR) is 198 cm³/mol. The fourth-order valence-corrected chi connectivity index (χ4v) is 9.88. The Morgan fingerprint density at radius 3 is 2.43 bits per heavy atom. The number of carbonyl (C=O) groups is 3. The highest BCUT2D eigenvalue weighted by molar-refractivity contribution is 6.01. The van der Waals surface area contributed by atoms with Crippen LogP contribution in [0.15, 0.2) is 48.5 Å². The number of alkyl halides is 2. The first kappa shape index (κ1) is 34.2. The number of anilines is 1. The van der Waals surface area contributed by atoms with Gasteiger partial charge < -0.3 is 14.8 Å². The van der Waals surface area contributed by atoms with Crippen LogP contribution in [0.1, 0.15) is 79.6 Å². The fourth-order valence-electron chi connectivity index (χ4n) is 9.88. The zero-order valence-electron chi connectivity index (χ0n) is 30.6. The molecule has 1 unspecified atom stereocenters. The zero-order valence-corrected chi connectivity index (χ0v) is 30.6. The number of hydrogen-bond donors (Lipinski definition) is 3. The van der Waals surface area contributed by atoms with Crippen LogP contribution in [0.3, 0.4) is 0 Å². The van der Waals surface area contributed by atoms with E-state index in [0.29, 0.717) is 55.9 Å². The Morgan fingerprint density at radius 1 is 0.981 bits per heavy atom. The van der Waals surface area contributed by atoms with E-state index in [1.807, 2.05) is 41.3 Å². The molecule has 2 aromatic carbocycles. The summed E-state index contributed by atoms with van der Waals surface area (Å²) in [5.74, 6) is -3.34. The van der Waals surface area contributed by atoms with Crippen molar-refractivity contribution in [2.24, 2.45) is 17.3 Å². The molecule has 5 heterocycles. The molecule has 278 valence electrons. The third-order valence-electron chi connectivity index (χ3n) is 13.3. The van der Waals surface area contributed by atoms with Gasteiger partial charge in [-0.25, -0.2) is 8.78 Å². The van der Waals surface area contributed by atoms with Crippen LogP contribution in [0.5, 0.6) is 0 Å². The third kappa shape index (κ3) is 5.75. The van der Waals surface area contributed by atoms with Crippen LogP contribution in [0.2, 0.25) is 0 Å². The van der Waals surface area contributed by atoms with E-state index in [0.717, 1.165) is 65.9 Å². The molecule has 3 amide bonds. The lowest BCUT2D eigenvalue weighted by atomic mass is 9.87. The number of nitrogens with zero attached hydrogens (tertiary/aromatic N) is 4. The topological polar surface area (TPSA) is 117 Å². The number of nitrogens with one attached hydrogen (secondary N) is 3. The number of imide groups is 1. The number of carbonyl (C=O) groups excluding carboxylic acids is 3. The smallest absolute Gasteiger partial charge is 0.258 e. The van der Waals surface area contributed by atoms with Crippen LogP contribution in [0.4, 0.5) is 14.5 Å². The number of hydrogen-bond acceptors (Lipinski definition) is 6. The standard InChI is InChI=1S/C41H47F2N7O3/c1-23-20-49(21-24(2)50(23)22-25-12-14-48(15-13-25)29-8-6-26(7-9-29)30-10-11-36(51)45-38(30)52)39(53)28-5-4-27-16-33(44-32(27)17-28)37-31-18-35-40(3,41(35,42)43)19-34(31)46-47-37/h4-9,16-17,23-25,30,35,44H,10-15,18-22H2,1-3H3,(H,46,47)(H,45,51,52)/t23-,24+,30?,35-,40+/m0/s1. The highest BCUT2D eigenvalue weighted by Crippen LogP contribution is 2.70. The van der Waals surface area contributed by atoms with Crippen molar-refractivity contribution in [3.8, 4) is 11.4 Å². The highest BCUT2D eigenvalue weighted by Gasteiger charge is 2.78. The van der Waals surface area contributed by atoms with E-state index in [4.69, 9.17) is 0 Å². The molecule has 2 aliphatic carbocycles. The summed E-state index contributed by atoms with van der Waals surface area (Å²) >= 11 is 0. The Balaban J connectivity index is 0.800. The lowest BCUT2D eigenvalue weighted by Crippen LogP contribution is -2.59. The van der Waals surface area contributed by atoms with Gasteiger partial charge in [-0.05, 0) is 81.3 Å². The summed E-state index contributed by atoms with van der Waals surface area (Å²) in [6.45, 7) is 10.4. The maximum Gasteiger partial charge on any atom is 0.258 e. The van der Waals surface area contributed by atoms with Gasteiger partial charge in [0, 0.05) is 102 Å².